The summed E-state index contributed by atoms with van der Waals surface area (Å²) in [4.78, 5) is 4.27. The van der Waals surface area contributed by atoms with E-state index in [1.54, 1.807) is 6.20 Å². The van der Waals surface area contributed by atoms with Crippen LogP contribution >= 0.6 is 11.6 Å². The molecular formula is C14H17ClN2O. The first kappa shape index (κ1) is 13.1. The van der Waals surface area contributed by atoms with Crippen molar-refractivity contribution >= 4 is 11.6 Å². The zero-order chi connectivity index (χ0) is 13.0. The molecule has 0 atom stereocenters. The fraction of sp³-hybridized carbons (Fsp3) is 0.357. The molecule has 0 aliphatic heterocycles. The molecule has 0 spiro atoms. The molecule has 96 valence electrons. The van der Waals surface area contributed by atoms with E-state index in [0.717, 1.165) is 47.3 Å². The monoisotopic (exact) mass is 264 g/mol. The lowest BCUT2D eigenvalue weighted by Gasteiger charge is -2.03. The summed E-state index contributed by atoms with van der Waals surface area (Å²) < 4.78 is 5.72. The SMILES string of the molecule is CCNCCc1ncc(-c2cccc(C)c2Cl)o1. The molecule has 0 aliphatic carbocycles. The number of halogens is 1. The summed E-state index contributed by atoms with van der Waals surface area (Å²) in [6.07, 6.45) is 2.53. The molecule has 1 heterocycles. The van der Waals surface area contributed by atoms with Gasteiger partial charge in [-0.05, 0) is 25.1 Å². The Morgan fingerprint density at radius 1 is 1.39 bits per heavy atom. The number of hydrogen-bond acceptors (Lipinski definition) is 3. The van der Waals surface area contributed by atoms with Gasteiger partial charge < -0.3 is 9.73 Å². The normalized spacial score (nSPS) is 10.8. The van der Waals surface area contributed by atoms with Gasteiger partial charge in [-0.3, -0.25) is 0 Å². The number of oxazole rings is 1. The van der Waals surface area contributed by atoms with Crippen molar-refractivity contribution in [1.29, 1.82) is 0 Å². The van der Waals surface area contributed by atoms with Gasteiger partial charge in [-0.25, -0.2) is 4.98 Å². The minimum atomic E-state index is 0.729. The summed E-state index contributed by atoms with van der Waals surface area (Å²) in [5, 5.41) is 3.97. The summed E-state index contributed by atoms with van der Waals surface area (Å²) in [6, 6.07) is 5.90. The van der Waals surface area contributed by atoms with Crippen molar-refractivity contribution in [3.05, 3.63) is 40.9 Å². The first-order valence-electron chi connectivity index (χ1n) is 6.13. The van der Waals surface area contributed by atoms with Crippen LogP contribution in [0, 0.1) is 6.92 Å². The maximum Gasteiger partial charge on any atom is 0.196 e. The molecular weight excluding hydrogens is 248 g/mol. The molecule has 1 N–H and O–H groups in total. The number of nitrogens with zero attached hydrogens (tertiary/aromatic N) is 1. The fourth-order valence-electron chi connectivity index (χ4n) is 1.76. The van der Waals surface area contributed by atoms with Crippen LogP contribution in [-0.4, -0.2) is 18.1 Å². The van der Waals surface area contributed by atoms with Crippen molar-refractivity contribution in [1.82, 2.24) is 10.3 Å². The lowest BCUT2D eigenvalue weighted by Crippen LogP contribution is -2.16. The zero-order valence-corrected chi connectivity index (χ0v) is 11.4. The quantitative estimate of drug-likeness (QED) is 0.841. The summed E-state index contributed by atoms with van der Waals surface area (Å²) >= 11 is 6.26. The van der Waals surface area contributed by atoms with E-state index in [9.17, 15) is 0 Å². The molecule has 0 unspecified atom stereocenters. The van der Waals surface area contributed by atoms with Crippen LogP contribution in [0.4, 0.5) is 0 Å². The summed E-state index contributed by atoms with van der Waals surface area (Å²) in [7, 11) is 0. The van der Waals surface area contributed by atoms with E-state index in [4.69, 9.17) is 16.0 Å². The van der Waals surface area contributed by atoms with Gasteiger partial charge >= 0.3 is 0 Å². The van der Waals surface area contributed by atoms with Crippen molar-refractivity contribution in [2.45, 2.75) is 20.3 Å². The maximum atomic E-state index is 6.26. The molecule has 1 aromatic heterocycles. The maximum absolute atomic E-state index is 6.26. The molecule has 0 saturated carbocycles. The van der Waals surface area contributed by atoms with Crippen LogP contribution in [0.25, 0.3) is 11.3 Å². The third-order valence-corrected chi connectivity index (χ3v) is 3.28. The van der Waals surface area contributed by atoms with Crippen molar-refractivity contribution in [3.8, 4) is 11.3 Å². The van der Waals surface area contributed by atoms with Crippen molar-refractivity contribution in [2.75, 3.05) is 13.1 Å². The molecule has 3 nitrogen and oxygen atoms in total. The summed E-state index contributed by atoms with van der Waals surface area (Å²) in [5.41, 5.74) is 1.94. The number of likely N-dealkylation sites (N-methyl/N-ethyl adjacent to an activating group) is 1. The third-order valence-electron chi connectivity index (χ3n) is 2.78. The van der Waals surface area contributed by atoms with Gasteiger partial charge in [0, 0.05) is 18.5 Å². The number of aryl methyl sites for hydroxylation is 1. The van der Waals surface area contributed by atoms with Gasteiger partial charge in [-0.15, -0.1) is 0 Å². The van der Waals surface area contributed by atoms with Crippen LogP contribution in [-0.2, 0) is 6.42 Å². The predicted octanol–water partition coefficient (Wildman–Crippen LogP) is 3.46. The van der Waals surface area contributed by atoms with Gasteiger partial charge in [-0.1, -0.05) is 30.7 Å². The average molecular weight is 265 g/mol. The molecule has 18 heavy (non-hydrogen) atoms. The van der Waals surface area contributed by atoms with Crippen molar-refractivity contribution in [2.24, 2.45) is 0 Å². The topological polar surface area (TPSA) is 38.1 Å². The highest BCUT2D eigenvalue weighted by Crippen LogP contribution is 2.30. The second kappa shape index (κ2) is 6.03. The lowest BCUT2D eigenvalue weighted by molar-refractivity contribution is 0.497. The van der Waals surface area contributed by atoms with Gasteiger partial charge in [0.1, 0.15) is 0 Å². The molecule has 2 aromatic rings. The predicted molar refractivity (Wildman–Crippen MR) is 73.9 cm³/mol. The Bertz CT molecular complexity index is 522. The van der Waals surface area contributed by atoms with E-state index in [-0.39, 0.29) is 0 Å². The minimum Gasteiger partial charge on any atom is -0.441 e. The van der Waals surface area contributed by atoms with E-state index in [1.807, 2.05) is 25.1 Å². The third kappa shape index (κ3) is 2.92. The molecule has 0 bridgehead atoms. The Kier molecular flexibility index (Phi) is 4.39. The van der Waals surface area contributed by atoms with E-state index in [2.05, 4.69) is 17.2 Å². The fourth-order valence-corrected chi connectivity index (χ4v) is 1.98. The number of nitrogens with one attached hydrogen (secondary N) is 1. The van der Waals surface area contributed by atoms with Crippen molar-refractivity contribution in [3.63, 3.8) is 0 Å². The number of benzene rings is 1. The highest BCUT2D eigenvalue weighted by molar-refractivity contribution is 6.33. The smallest absolute Gasteiger partial charge is 0.196 e. The van der Waals surface area contributed by atoms with Crippen LogP contribution in [0.1, 0.15) is 18.4 Å². The van der Waals surface area contributed by atoms with E-state index < -0.39 is 0 Å². The number of rotatable bonds is 5. The zero-order valence-electron chi connectivity index (χ0n) is 10.7. The van der Waals surface area contributed by atoms with E-state index in [1.165, 1.54) is 0 Å². The molecule has 0 radical (unpaired) electrons. The van der Waals surface area contributed by atoms with Crippen LogP contribution in [0.5, 0.6) is 0 Å². The Morgan fingerprint density at radius 3 is 3.00 bits per heavy atom. The second-order valence-electron chi connectivity index (χ2n) is 4.16. The van der Waals surface area contributed by atoms with E-state index >= 15 is 0 Å². The van der Waals surface area contributed by atoms with E-state index in [0.29, 0.717) is 0 Å². The van der Waals surface area contributed by atoms with Gasteiger partial charge in [0.15, 0.2) is 11.7 Å². The van der Waals surface area contributed by atoms with Crippen LogP contribution in [0.2, 0.25) is 5.02 Å². The Morgan fingerprint density at radius 2 is 2.22 bits per heavy atom. The van der Waals surface area contributed by atoms with Crippen molar-refractivity contribution < 1.29 is 4.42 Å². The van der Waals surface area contributed by atoms with Gasteiger partial charge in [-0.2, -0.15) is 0 Å². The average Bonchev–Trinajstić information content (AvgIpc) is 2.82. The number of aromatic nitrogens is 1. The van der Waals surface area contributed by atoms with Crippen LogP contribution in [0.15, 0.2) is 28.8 Å². The Balaban J connectivity index is 2.16. The molecule has 4 heteroatoms. The minimum absolute atomic E-state index is 0.729. The standard InChI is InChI=1S/C14H17ClN2O/c1-3-16-8-7-13-17-9-12(18-13)11-6-4-5-10(2)14(11)15/h4-6,9,16H,3,7-8H2,1-2H3. The van der Waals surface area contributed by atoms with Crippen LogP contribution in [0.3, 0.4) is 0 Å². The first-order valence-corrected chi connectivity index (χ1v) is 6.51. The largest absolute Gasteiger partial charge is 0.441 e. The molecule has 0 amide bonds. The highest BCUT2D eigenvalue weighted by atomic mass is 35.5. The lowest BCUT2D eigenvalue weighted by atomic mass is 10.1. The van der Waals surface area contributed by atoms with Gasteiger partial charge in [0.05, 0.1) is 11.2 Å². The molecule has 1 aromatic carbocycles. The summed E-state index contributed by atoms with van der Waals surface area (Å²) in [5.74, 6) is 1.47. The number of hydrogen-bond donors (Lipinski definition) is 1. The van der Waals surface area contributed by atoms with Gasteiger partial charge in [0.25, 0.3) is 0 Å². The molecule has 2 rings (SSSR count). The molecule has 0 aliphatic rings. The van der Waals surface area contributed by atoms with Crippen LogP contribution < -0.4 is 5.32 Å². The first-order chi connectivity index (χ1) is 8.72. The highest BCUT2D eigenvalue weighted by Gasteiger charge is 2.10. The summed E-state index contributed by atoms with van der Waals surface area (Å²) in [6.45, 7) is 5.89. The molecule has 0 fully saturated rings. The van der Waals surface area contributed by atoms with Gasteiger partial charge in [0.2, 0.25) is 0 Å². The molecule has 0 saturated heterocycles. The second-order valence-corrected chi connectivity index (χ2v) is 4.54. The Hall–Kier alpha value is -1.32. The Labute approximate surface area is 112 Å².